The van der Waals surface area contributed by atoms with E-state index in [1.807, 2.05) is 0 Å². The molecule has 0 unspecified atom stereocenters. The number of carboxylic acids is 1. The van der Waals surface area contributed by atoms with Crippen molar-refractivity contribution in [3.63, 3.8) is 0 Å². The van der Waals surface area contributed by atoms with E-state index >= 15 is 0 Å². The maximum absolute atomic E-state index is 10.9. The molecule has 2 N–H and O–H groups in total. The monoisotopic (exact) mass is 264 g/mol. The number of carbonyl (C=O) groups is 1. The molecule has 1 saturated carbocycles. The quantitative estimate of drug-likeness (QED) is 0.448. The van der Waals surface area contributed by atoms with Crippen LogP contribution >= 0.6 is 0 Å². The van der Waals surface area contributed by atoms with Crippen LogP contribution in [0.5, 0.6) is 0 Å². The average molecular weight is 264 g/mol. The van der Waals surface area contributed by atoms with E-state index in [0.717, 1.165) is 18.8 Å². The molecule has 1 aliphatic rings. The third-order valence-corrected chi connectivity index (χ3v) is 3.24. The molecule has 2 rings (SSSR count). The van der Waals surface area contributed by atoms with E-state index in [0.29, 0.717) is 6.54 Å². The van der Waals surface area contributed by atoms with Crippen molar-refractivity contribution in [3.05, 3.63) is 33.9 Å². The van der Waals surface area contributed by atoms with Gasteiger partial charge in [0.25, 0.3) is 5.69 Å². The maximum atomic E-state index is 10.9. The van der Waals surface area contributed by atoms with Crippen molar-refractivity contribution in [1.29, 1.82) is 0 Å². The summed E-state index contributed by atoms with van der Waals surface area (Å²) in [5, 5.41) is 22.7. The molecule has 0 aliphatic heterocycles. The largest absolute Gasteiger partial charge is 0.478 e. The lowest BCUT2D eigenvalue weighted by molar-refractivity contribution is -0.384. The van der Waals surface area contributed by atoms with E-state index in [2.05, 4.69) is 5.32 Å². The fourth-order valence-electron chi connectivity index (χ4n) is 1.99. The third-order valence-electron chi connectivity index (χ3n) is 3.24. The van der Waals surface area contributed by atoms with Crippen LogP contribution in [0.15, 0.2) is 18.2 Å². The Morgan fingerprint density at radius 3 is 2.79 bits per heavy atom. The number of hydrogen-bond donors (Lipinski definition) is 2. The van der Waals surface area contributed by atoms with Crippen molar-refractivity contribution < 1.29 is 14.8 Å². The predicted octanol–water partition coefficient (Wildman–Crippen LogP) is 2.90. The first-order valence-corrected chi connectivity index (χ1v) is 6.33. The van der Waals surface area contributed by atoms with Crippen molar-refractivity contribution in [3.8, 4) is 0 Å². The van der Waals surface area contributed by atoms with E-state index in [1.54, 1.807) is 0 Å². The normalized spacial score (nSPS) is 14.1. The molecule has 1 fully saturated rings. The van der Waals surface area contributed by atoms with Crippen LogP contribution in [-0.2, 0) is 0 Å². The Morgan fingerprint density at radius 1 is 1.47 bits per heavy atom. The predicted molar refractivity (Wildman–Crippen MR) is 70.5 cm³/mol. The summed E-state index contributed by atoms with van der Waals surface area (Å²) in [5.41, 5.74) is 0.243. The van der Waals surface area contributed by atoms with Gasteiger partial charge in [-0.2, -0.15) is 0 Å². The van der Waals surface area contributed by atoms with Gasteiger partial charge in [-0.25, -0.2) is 4.79 Å². The van der Waals surface area contributed by atoms with Gasteiger partial charge in [-0.3, -0.25) is 10.1 Å². The van der Waals surface area contributed by atoms with Gasteiger partial charge in [0.2, 0.25) is 0 Å². The van der Waals surface area contributed by atoms with E-state index in [9.17, 15) is 14.9 Å². The number of anilines is 1. The van der Waals surface area contributed by atoms with Crippen molar-refractivity contribution in [1.82, 2.24) is 0 Å². The van der Waals surface area contributed by atoms with E-state index in [-0.39, 0.29) is 16.9 Å². The molecule has 6 heteroatoms. The molecule has 102 valence electrons. The summed E-state index contributed by atoms with van der Waals surface area (Å²) in [5.74, 6) is -0.266. The highest BCUT2D eigenvalue weighted by Gasteiger charge is 2.20. The lowest BCUT2D eigenvalue weighted by atomic mass is 10.1. The summed E-state index contributed by atoms with van der Waals surface area (Å²) in [4.78, 5) is 21.2. The average Bonchev–Trinajstić information content (AvgIpc) is 3.18. The van der Waals surface area contributed by atoms with Gasteiger partial charge in [0.1, 0.15) is 5.69 Å². The Morgan fingerprint density at radius 2 is 2.21 bits per heavy atom. The Hall–Kier alpha value is -2.11. The summed E-state index contributed by atoms with van der Waals surface area (Å²) in [7, 11) is 0. The van der Waals surface area contributed by atoms with Gasteiger partial charge < -0.3 is 10.4 Å². The van der Waals surface area contributed by atoms with Crippen LogP contribution in [0.2, 0.25) is 0 Å². The van der Waals surface area contributed by atoms with Crippen LogP contribution in [0, 0.1) is 16.0 Å². The summed E-state index contributed by atoms with van der Waals surface area (Å²) in [6.45, 7) is 0.625. The minimum absolute atomic E-state index is 0.0512. The molecule has 0 aromatic heterocycles. The van der Waals surface area contributed by atoms with Crippen molar-refractivity contribution in [2.75, 3.05) is 11.9 Å². The highest BCUT2D eigenvalue weighted by Crippen LogP contribution is 2.33. The van der Waals surface area contributed by atoms with Gasteiger partial charge in [0.15, 0.2) is 0 Å². The fourth-order valence-corrected chi connectivity index (χ4v) is 1.99. The first-order chi connectivity index (χ1) is 9.08. The van der Waals surface area contributed by atoms with Gasteiger partial charge >= 0.3 is 5.97 Å². The molecule has 6 nitrogen and oxygen atoms in total. The van der Waals surface area contributed by atoms with Gasteiger partial charge in [0, 0.05) is 12.6 Å². The molecule has 0 spiro atoms. The standard InChI is InChI=1S/C13H16N2O4/c16-13(17)10-5-6-12(15(18)19)11(8-10)14-7-1-2-9-3-4-9/h5-6,8-9,14H,1-4,7H2,(H,16,17). The zero-order chi connectivity index (χ0) is 13.8. The maximum Gasteiger partial charge on any atom is 0.335 e. The highest BCUT2D eigenvalue weighted by molar-refractivity contribution is 5.90. The number of nitrogens with one attached hydrogen (secondary N) is 1. The summed E-state index contributed by atoms with van der Waals surface area (Å²) in [6.07, 6.45) is 4.64. The van der Waals surface area contributed by atoms with Crippen LogP contribution in [0.4, 0.5) is 11.4 Å². The van der Waals surface area contributed by atoms with Crippen LogP contribution in [0.25, 0.3) is 0 Å². The number of aromatic carboxylic acids is 1. The summed E-state index contributed by atoms with van der Waals surface area (Å²) in [6, 6.07) is 3.79. The topological polar surface area (TPSA) is 92.5 Å². The van der Waals surface area contributed by atoms with E-state index in [4.69, 9.17) is 5.11 Å². The second kappa shape index (κ2) is 5.69. The summed E-state index contributed by atoms with van der Waals surface area (Å²) >= 11 is 0. The minimum atomic E-state index is -1.09. The molecular formula is C13H16N2O4. The smallest absolute Gasteiger partial charge is 0.335 e. The molecule has 1 aliphatic carbocycles. The lowest BCUT2D eigenvalue weighted by Gasteiger charge is -2.07. The molecule has 0 saturated heterocycles. The number of rotatable bonds is 7. The lowest BCUT2D eigenvalue weighted by Crippen LogP contribution is -2.06. The molecule has 0 atom stereocenters. The van der Waals surface area contributed by atoms with Crippen molar-refractivity contribution in [2.24, 2.45) is 5.92 Å². The number of nitrogens with zero attached hydrogens (tertiary/aromatic N) is 1. The van der Waals surface area contributed by atoms with Crippen molar-refractivity contribution >= 4 is 17.3 Å². The van der Waals surface area contributed by atoms with Crippen LogP contribution < -0.4 is 5.32 Å². The van der Waals surface area contributed by atoms with Gasteiger partial charge in [-0.15, -0.1) is 0 Å². The number of nitro groups is 1. The molecule has 0 heterocycles. The molecule has 19 heavy (non-hydrogen) atoms. The molecule has 0 radical (unpaired) electrons. The second-order valence-electron chi connectivity index (χ2n) is 4.81. The van der Waals surface area contributed by atoms with E-state index < -0.39 is 10.9 Å². The SMILES string of the molecule is O=C(O)c1ccc([N+](=O)[O-])c(NCCCC2CC2)c1. The van der Waals surface area contributed by atoms with E-state index in [1.165, 1.54) is 31.0 Å². The number of benzene rings is 1. The van der Waals surface area contributed by atoms with Crippen LogP contribution in [0.3, 0.4) is 0 Å². The first kappa shape index (κ1) is 13.3. The van der Waals surface area contributed by atoms with Gasteiger partial charge in [-0.05, 0) is 30.9 Å². The third kappa shape index (κ3) is 3.67. The molecule has 0 amide bonds. The zero-order valence-corrected chi connectivity index (χ0v) is 10.5. The Balaban J connectivity index is 2.03. The number of nitro benzene ring substituents is 1. The number of hydrogen-bond acceptors (Lipinski definition) is 4. The minimum Gasteiger partial charge on any atom is -0.478 e. The molecule has 1 aromatic rings. The Labute approximate surface area is 110 Å². The number of carboxylic acid groups (broad SMARTS) is 1. The highest BCUT2D eigenvalue weighted by atomic mass is 16.6. The molecule has 1 aromatic carbocycles. The first-order valence-electron chi connectivity index (χ1n) is 6.33. The molecular weight excluding hydrogens is 248 g/mol. The van der Waals surface area contributed by atoms with Crippen molar-refractivity contribution in [2.45, 2.75) is 25.7 Å². The zero-order valence-electron chi connectivity index (χ0n) is 10.5. The van der Waals surface area contributed by atoms with Crippen LogP contribution in [0.1, 0.15) is 36.0 Å². The fraction of sp³-hybridized carbons (Fsp3) is 0.462. The van der Waals surface area contributed by atoms with Gasteiger partial charge in [-0.1, -0.05) is 12.8 Å². The second-order valence-corrected chi connectivity index (χ2v) is 4.81. The Kier molecular flexibility index (Phi) is 3.99. The molecule has 0 bridgehead atoms. The van der Waals surface area contributed by atoms with Crippen LogP contribution in [-0.4, -0.2) is 22.5 Å². The Bertz CT molecular complexity index is 497. The summed E-state index contributed by atoms with van der Waals surface area (Å²) < 4.78 is 0. The van der Waals surface area contributed by atoms with Gasteiger partial charge in [0.05, 0.1) is 10.5 Å².